The molecule has 0 saturated heterocycles. The van der Waals surface area contributed by atoms with Crippen molar-refractivity contribution in [3.8, 4) is 0 Å². The minimum atomic E-state index is -0.425. The third kappa shape index (κ3) is 4.53. The molecule has 0 radical (unpaired) electrons. The van der Waals surface area contributed by atoms with E-state index in [1.807, 2.05) is 10.6 Å². The summed E-state index contributed by atoms with van der Waals surface area (Å²) in [5.41, 5.74) is 1.51. The van der Waals surface area contributed by atoms with Crippen molar-refractivity contribution in [2.75, 3.05) is 5.75 Å². The fraction of sp³-hybridized carbons (Fsp3) is 0.450. The number of thioether (sulfide) groups is 1. The Labute approximate surface area is 162 Å². The fourth-order valence-corrected chi connectivity index (χ4v) is 4.10. The molecule has 0 aliphatic rings. The quantitative estimate of drug-likeness (QED) is 0.452. The van der Waals surface area contributed by atoms with E-state index in [4.69, 9.17) is 0 Å². The minimum absolute atomic E-state index is 0.353. The fourth-order valence-electron chi connectivity index (χ4n) is 3.14. The zero-order valence-electron chi connectivity index (χ0n) is 15.9. The lowest BCUT2D eigenvalue weighted by atomic mass is 10.1. The monoisotopic (exact) mass is 386 g/mol. The Hall–Kier alpha value is -2.28. The average molecular weight is 387 g/mol. The van der Waals surface area contributed by atoms with E-state index in [9.17, 15) is 9.59 Å². The molecule has 0 bridgehead atoms. The minimum Gasteiger partial charge on any atom is -0.313 e. The molecule has 7 heteroatoms. The lowest BCUT2D eigenvalue weighted by Crippen LogP contribution is -2.29. The Morgan fingerprint density at radius 3 is 2.63 bits per heavy atom. The SMILES string of the molecule is CCCCCn1c(SCCCc2ccccc2)nc2c1c(=O)[nH]c(=O)n2C. The molecule has 0 atom stereocenters. The standard InChI is InChI=1S/C20H26N4O2S/c1-3-4-8-13-24-16-17(23(2)19(26)22-18(16)25)21-20(24)27-14-9-12-15-10-6-5-7-11-15/h5-7,10-11H,3-4,8-9,12-14H2,1-2H3,(H,22,25,26). The number of imidazole rings is 1. The molecule has 27 heavy (non-hydrogen) atoms. The zero-order valence-corrected chi connectivity index (χ0v) is 16.7. The van der Waals surface area contributed by atoms with E-state index in [1.54, 1.807) is 18.8 Å². The van der Waals surface area contributed by atoms with Gasteiger partial charge in [0, 0.05) is 19.3 Å². The van der Waals surface area contributed by atoms with E-state index in [1.165, 1.54) is 10.1 Å². The molecule has 0 saturated carbocycles. The number of unbranched alkanes of at least 4 members (excludes halogenated alkanes) is 2. The Morgan fingerprint density at radius 1 is 1.11 bits per heavy atom. The topological polar surface area (TPSA) is 72.7 Å². The first-order valence-corrected chi connectivity index (χ1v) is 10.5. The van der Waals surface area contributed by atoms with Gasteiger partial charge < -0.3 is 4.57 Å². The van der Waals surface area contributed by atoms with Gasteiger partial charge in [-0.05, 0) is 24.8 Å². The molecule has 1 N–H and O–H groups in total. The molecule has 0 aliphatic carbocycles. The van der Waals surface area contributed by atoms with Crippen molar-refractivity contribution in [2.45, 2.75) is 50.7 Å². The summed E-state index contributed by atoms with van der Waals surface area (Å²) in [5.74, 6) is 0.915. The van der Waals surface area contributed by atoms with E-state index in [2.05, 4.69) is 41.2 Å². The second kappa shape index (κ2) is 9.08. The largest absolute Gasteiger partial charge is 0.329 e. The third-order valence-electron chi connectivity index (χ3n) is 4.64. The smallest absolute Gasteiger partial charge is 0.313 e. The predicted molar refractivity (Wildman–Crippen MR) is 111 cm³/mol. The summed E-state index contributed by atoms with van der Waals surface area (Å²) in [7, 11) is 1.65. The zero-order chi connectivity index (χ0) is 19.2. The van der Waals surface area contributed by atoms with Crippen LogP contribution in [-0.2, 0) is 20.0 Å². The van der Waals surface area contributed by atoms with Crippen molar-refractivity contribution in [3.63, 3.8) is 0 Å². The van der Waals surface area contributed by atoms with Crippen molar-refractivity contribution in [1.29, 1.82) is 0 Å². The normalized spacial score (nSPS) is 11.3. The van der Waals surface area contributed by atoms with Gasteiger partial charge in [0.2, 0.25) is 0 Å². The molecule has 3 rings (SSSR count). The highest BCUT2D eigenvalue weighted by Crippen LogP contribution is 2.23. The highest BCUT2D eigenvalue weighted by Gasteiger charge is 2.17. The second-order valence-corrected chi connectivity index (χ2v) is 7.74. The van der Waals surface area contributed by atoms with Gasteiger partial charge in [-0.1, -0.05) is 61.9 Å². The number of nitrogens with zero attached hydrogens (tertiary/aromatic N) is 3. The first-order chi connectivity index (χ1) is 13.1. The van der Waals surface area contributed by atoms with Crippen LogP contribution in [-0.4, -0.2) is 24.9 Å². The summed E-state index contributed by atoms with van der Waals surface area (Å²) in [6.45, 7) is 2.90. The van der Waals surface area contributed by atoms with E-state index < -0.39 is 5.69 Å². The molecule has 6 nitrogen and oxygen atoms in total. The number of H-pyrrole nitrogens is 1. The molecule has 3 aromatic rings. The molecule has 144 valence electrons. The van der Waals surface area contributed by atoms with Crippen molar-refractivity contribution >= 4 is 22.9 Å². The Kier molecular flexibility index (Phi) is 6.55. The highest BCUT2D eigenvalue weighted by atomic mass is 32.2. The molecule has 0 amide bonds. The van der Waals surface area contributed by atoms with E-state index >= 15 is 0 Å². The van der Waals surface area contributed by atoms with Crippen LogP contribution in [0.25, 0.3) is 11.2 Å². The molecule has 0 spiro atoms. The number of aryl methyl sites for hydroxylation is 3. The number of nitrogens with one attached hydrogen (secondary N) is 1. The number of hydrogen-bond donors (Lipinski definition) is 1. The Morgan fingerprint density at radius 2 is 1.89 bits per heavy atom. The maximum atomic E-state index is 12.4. The van der Waals surface area contributed by atoms with Gasteiger partial charge in [-0.25, -0.2) is 9.78 Å². The highest BCUT2D eigenvalue weighted by molar-refractivity contribution is 7.99. The third-order valence-corrected chi connectivity index (χ3v) is 5.70. The van der Waals surface area contributed by atoms with Crippen LogP contribution in [0.3, 0.4) is 0 Å². The average Bonchev–Trinajstić information content (AvgIpc) is 3.04. The van der Waals surface area contributed by atoms with Crippen LogP contribution >= 0.6 is 11.8 Å². The van der Waals surface area contributed by atoms with Gasteiger partial charge in [0.25, 0.3) is 5.56 Å². The van der Waals surface area contributed by atoms with E-state index in [0.29, 0.717) is 11.2 Å². The van der Waals surface area contributed by atoms with Gasteiger partial charge in [0.1, 0.15) is 0 Å². The van der Waals surface area contributed by atoms with Gasteiger partial charge in [-0.2, -0.15) is 0 Å². The van der Waals surface area contributed by atoms with Crippen molar-refractivity contribution in [1.82, 2.24) is 19.1 Å². The lowest BCUT2D eigenvalue weighted by molar-refractivity contribution is 0.577. The molecule has 2 heterocycles. The first kappa shape index (κ1) is 19.5. The first-order valence-electron chi connectivity index (χ1n) is 9.48. The second-order valence-electron chi connectivity index (χ2n) is 6.68. The number of hydrogen-bond acceptors (Lipinski definition) is 4. The molecule has 0 fully saturated rings. The van der Waals surface area contributed by atoms with Crippen molar-refractivity contribution < 1.29 is 0 Å². The lowest BCUT2D eigenvalue weighted by Gasteiger charge is -2.08. The molecular weight excluding hydrogens is 360 g/mol. The number of aromatic nitrogens is 4. The van der Waals surface area contributed by atoms with Crippen LogP contribution in [0.4, 0.5) is 0 Å². The molecule has 0 aliphatic heterocycles. The van der Waals surface area contributed by atoms with Crippen LogP contribution in [0.1, 0.15) is 38.2 Å². The van der Waals surface area contributed by atoms with Crippen molar-refractivity contribution in [2.24, 2.45) is 7.05 Å². The van der Waals surface area contributed by atoms with Crippen LogP contribution in [0.2, 0.25) is 0 Å². The van der Waals surface area contributed by atoms with Crippen LogP contribution in [0, 0.1) is 0 Å². The molecule has 0 unspecified atom stereocenters. The summed E-state index contributed by atoms with van der Waals surface area (Å²) in [6, 6.07) is 10.4. The number of aromatic amines is 1. The van der Waals surface area contributed by atoms with E-state index in [-0.39, 0.29) is 5.56 Å². The van der Waals surface area contributed by atoms with Crippen molar-refractivity contribution in [3.05, 3.63) is 56.7 Å². The molecule has 2 aromatic heterocycles. The maximum absolute atomic E-state index is 12.4. The maximum Gasteiger partial charge on any atom is 0.329 e. The number of rotatable bonds is 9. The summed E-state index contributed by atoms with van der Waals surface area (Å²) < 4.78 is 3.40. The van der Waals surface area contributed by atoms with Gasteiger partial charge in [-0.15, -0.1) is 0 Å². The molecular formula is C20H26N4O2S. The summed E-state index contributed by atoms with van der Waals surface area (Å²) >= 11 is 1.66. The van der Waals surface area contributed by atoms with Crippen LogP contribution in [0.5, 0.6) is 0 Å². The van der Waals surface area contributed by atoms with Gasteiger partial charge in [0.05, 0.1) is 0 Å². The molecule has 1 aromatic carbocycles. The summed E-state index contributed by atoms with van der Waals surface area (Å²) in [6.07, 6.45) is 5.25. The van der Waals surface area contributed by atoms with Crippen LogP contribution in [0.15, 0.2) is 45.1 Å². The van der Waals surface area contributed by atoms with Crippen LogP contribution < -0.4 is 11.2 Å². The Balaban J connectivity index is 1.81. The summed E-state index contributed by atoms with van der Waals surface area (Å²) in [5, 5.41) is 0.820. The van der Waals surface area contributed by atoms with Gasteiger partial charge in [0.15, 0.2) is 16.3 Å². The Bertz CT molecular complexity index is 1000. The van der Waals surface area contributed by atoms with Gasteiger partial charge >= 0.3 is 5.69 Å². The van der Waals surface area contributed by atoms with Gasteiger partial charge in [-0.3, -0.25) is 14.3 Å². The van der Waals surface area contributed by atoms with E-state index in [0.717, 1.165) is 49.6 Å². The predicted octanol–water partition coefficient (Wildman–Crippen LogP) is 3.34. The number of benzene rings is 1. The number of fused-ring (bicyclic) bond motifs is 1. The summed E-state index contributed by atoms with van der Waals surface area (Å²) in [4.78, 5) is 31.3.